The van der Waals surface area contributed by atoms with Crippen molar-refractivity contribution in [3.8, 4) is 0 Å². The van der Waals surface area contributed by atoms with E-state index in [1.54, 1.807) is 6.08 Å². The fourth-order valence-corrected chi connectivity index (χ4v) is 5.97. The predicted molar refractivity (Wildman–Crippen MR) is 87.5 cm³/mol. The quantitative estimate of drug-likeness (QED) is 0.634. The second-order valence-corrected chi connectivity index (χ2v) is 8.26. The Kier molecular flexibility index (Phi) is 3.61. The Labute approximate surface area is 141 Å². The van der Waals surface area contributed by atoms with Crippen molar-refractivity contribution in [2.45, 2.75) is 51.6 Å². The Bertz CT molecular complexity index is 677. The number of ketones is 1. The summed E-state index contributed by atoms with van der Waals surface area (Å²) in [6.45, 7) is 4.95. The second kappa shape index (κ2) is 5.35. The van der Waals surface area contributed by atoms with E-state index in [2.05, 4.69) is 13.8 Å². The van der Waals surface area contributed by atoms with Crippen molar-refractivity contribution >= 4 is 5.78 Å². The molecule has 4 rings (SSSR count). The molecule has 0 N–H and O–H groups in total. The average Bonchev–Trinajstić information content (AvgIpc) is 2.96. The molecular formula is C20H24F2O2. The van der Waals surface area contributed by atoms with Crippen LogP contribution in [-0.4, -0.2) is 18.0 Å². The maximum Gasteiger partial charge on any atom is 0.156 e. The Morgan fingerprint density at radius 3 is 2.67 bits per heavy atom. The van der Waals surface area contributed by atoms with E-state index in [9.17, 15) is 13.6 Å². The predicted octanol–water partition coefficient (Wildman–Crippen LogP) is 4.82. The lowest BCUT2D eigenvalue weighted by Crippen LogP contribution is -2.53. The van der Waals surface area contributed by atoms with Gasteiger partial charge in [-0.05, 0) is 73.0 Å². The Hall–Kier alpha value is -1.29. The molecule has 4 heteroatoms. The molecule has 0 spiro atoms. The lowest BCUT2D eigenvalue weighted by Gasteiger charge is -2.57. The molecule has 130 valence electrons. The molecular weight excluding hydrogens is 310 g/mol. The summed E-state index contributed by atoms with van der Waals surface area (Å²) in [7, 11) is 0. The summed E-state index contributed by atoms with van der Waals surface area (Å²) in [4.78, 5) is 12.0. The van der Waals surface area contributed by atoms with Crippen LogP contribution in [0.25, 0.3) is 0 Å². The normalized spacial score (nSPS) is 48.1. The van der Waals surface area contributed by atoms with Gasteiger partial charge in [-0.2, -0.15) is 0 Å². The van der Waals surface area contributed by atoms with E-state index in [1.807, 2.05) is 0 Å². The summed E-state index contributed by atoms with van der Waals surface area (Å²) < 4.78 is 33.8. The van der Waals surface area contributed by atoms with Gasteiger partial charge in [-0.3, -0.25) is 4.79 Å². The molecule has 2 saturated carbocycles. The summed E-state index contributed by atoms with van der Waals surface area (Å²) in [6, 6.07) is 0. The molecule has 5 atom stereocenters. The fraction of sp³-hybridized carbons (Fsp3) is 0.650. The molecule has 2 nitrogen and oxygen atoms in total. The number of halogens is 2. The molecule has 0 aromatic heterocycles. The Morgan fingerprint density at radius 1 is 1.17 bits per heavy atom. The van der Waals surface area contributed by atoms with Gasteiger partial charge >= 0.3 is 0 Å². The van der Waals surface area contributed by atoms with Crippen LogP contribution < -0.4 is 0 Å². The standard InChI is InChI=1S/C20H24F2O2/c1-19-6-3-12(23)9-17(19)13(10-21)14(11-22)18-15(19)4-7-20(2)16(18)5-8-24-20/h9-11,15-16,18H,3-8H2,1-2H3/b13-10+,14-11-/t15-,16-,18+,19+,20-/m0/s1. The van der Waals surface area contributed by atoms with Crippen molar-refractivity contribution in [3.63, 3.8) is 0 Å². The van der Waals surface area contributed by atoms with Crippen molar-refractivity contribution in [3.05, 3.63) is 35.5 Å². The molecule has 1 saturated heterocycles. The highest BCUT2D eigenvalue weighted by molar-refractivity contribution is 5.93. The van der Waals surface area contributed by atoms with Gasteiger partial charge in [0, 0.05) is 18.6 Å². The minimum absolute atomic E-state index is 0.0170. The van der Waals surface area contributed by atoms with Crippen LogP contribution in [0.15, 0.2) is 35.5 Å². The molecule has 3 fully saturated rings. The van der Waals surface area contributed by atoms with Gasteiger partial charge in [0.15, 0.2) is 5.78 Å². The summed E-state index contributed by atoms with van der Waals surface area (Å²) in [5.74, 6) is 0.434. The SMILES string of the molecule is C[C@]12CCC(=O)C=C1C(=C/F)/C(=C/F)[C@@H]1[C@@H]2CC[C@]2(C)OCC[C@@H]12. The number of rotatable bonds is 0. The zero-order valence-electron chi connectivity index (χ0n) is 14.3. The van der Waals surface area contributed by atoms with Crippen molar-refractivity contribution in [2.75, 3.05) is 6.61 Å². The van der Waals surface area contributed by atoms with Crippen LogP contribution in [0.2, 0.25) is 0 Å². The summed E-state index contributed by atoms with van der Waals surface area (Å²) >= 11 is 0. The molecule has 0 radical (unpaired) electrons. The van der Waals surface area contributed by atoms with Crippen LogP contribution in [-0.2, 0) is 9.53 Å². The highest BCUT2D eigenvalue weighted by Gasteiger charge is 2.59. The smallest absolute Gasteiger partial charge is 0.156 e. The van der Waals surface area contributed by atoms with Crippen LogP contribution in [0, 0.1) is 23.2 Å². The molecule has 0 unspecified atom stereocenters. The number of hydrogen-bond donors (Lipinski definition) is 0. The van der Waals surface area contributed by atoms with Gasteiger partial charge in [0.05, 0.1) is 18.3 Å². The molecule has 0 bridgehead atoms. The summed E-state index contributed by atoms with van der Waals surface area (Å²) in [5, 5.41) is 0. The molecule has 1 heterocycles. The summed E-state index contributed by atoms with van der Waals surface area (Å²) in [6.07, 6.45) is 6.63. The summed E-state index contributed by atoms with van der Waals surface area (Å²) in [5.41, 5.74) is 0.938. The van der Waals surface area contributed by atoms with Crippen LogP contribution >= 0.6 is 0 Å². The van der Waals surface area contributed by atoms with E-state index in [0.717, 1.165) is 25.7 Å². The first kappa shape index (κ1) is 16.2. The van der Waals surface area contributed by atoms with Crippen molar-refractivity contribution in [2.24, 2.45) is 23.2 Å². The topological polar surface area (TPSA) is 26.3 Å². The minimum Gasteiger partial charge on any atom is -0.375 e. The molecule has 0 aromatic carbocycles. The van der Waals surface area contributed by atoms with Crippen LogP contribution in [0.1, 0.15) is 46.0 Å². The lowest BCUT2D eigenvalue weighted by molar-refractivity contribution is -0.117. The molecule has 0 amide bonds. The molecule has 4 aliphatic rings. The highest BCUT2D eigenvalue weighted by Crippen LogP contribution is 2.64. The number of ether oxygens (including phenoxy) is 1. The lowest BCUT2D eigenvalue weighted by atomic mass is 9.47. The Morgan fingerprint density at radius 2 is 1.96 bits per heavy atom. The van der Waals surface area contributed by atoms with E-state index in [1.165, 1.54) is 0 Å². The third-order valence-electron chi connectivity index (χ3n) is 7.28. The second-order valence-electron chi connectivity index (χ2n) is 8.26. The number of carbonyl (C=O) groups excluding carboxylic acids is 1. The largest absolute Gasteiger partial charge is 0.375 e. The minimum atomic E-state index is -0.257. The zero-order valence-corrected chi connectivity index (χ0v) is 14.3. The highest BCUT2D eigenvalue weighted by atomic mass is 19.1. The average molecular weight is 334 g/mol. The van der Waals surface area contributed by atoms with E-state index < -0.39 is 0 Å². The number of carbonyl (C=O) groups is 1. The van der Waals surface area contributed by atoms with E-state index in [4.69, 9.17) is 4.74 Å². The number of allylic oxidation sites excluding steroid dienone is 4. The first-order chi connectivity index (χ1) is 11.4. The van der Waals surface area contributed by atoms with Gasteiger partial charge in [0.1, 0.15) is 0 Å². The van der Waals surface area contributed by atoms with Crippen LogP contribution in [0.3, 0.4) is 0 Å². The van der Waals surface area contributed by atoms with Crippen LogP contribution in [0.5, 0.6) is 0 Å². The van der Waals surface area contributed by atoms with Crippen molar-refractivity contribution in [1.29, 1.82) is 0 Å². The zero-order chi connectivity index (χ0) is 17.1. The van der Waals surface area contributed by atoms with E-state index >= 15 is 0 Å². The van der Waals surface area contributed by atoms with Gasteiger partial charge in [0.2, 0.25) is 0 Å². The Balaban J connectivity index is 1.89. The van der Waals surface area contributed by atoms with Gasteiger partial charge in [-0.25, -0.2) is 8.78 Å². The molecule has 0 aromatic rings. The molecule has 3 aliphatic carbocycles. The third kappa shape index (κ3) is 1.98. The van der Waals surface area contributed by atoms with Crippen molar-refractivity contribution in [1.82, 2.24) is 0 Å². The maximum atomic E-state index is 13.9. The maximum absolute atomic E-state index is 13.9. The first-order valence-electron chi connectivity index (χ1n) is 8.95. The molecule has 1 aliphatic heterocycles. The van der Waals surface area contributed by atoms with Gasteiger partial charge in [-0.1, -0.05) is 6.92 Å². The van der Waals surface area contributed by atoms with Gasteiger partial charge in [-0.15, -0.1) is 0 Å². The monoisotopic (exact) mass is 334 g/mol. The fourth-order valence-electron chi connectivity index (χ4n) is 5.97. The number of hydrogen-bond acceptors (Lipinski definition) is 2. The van der Waals surface area contributed by atoms with Gasteiger partial charge in [0.25, 0.3) is 0 Å². The van der Waals surface area contributed by atoms with Crippen LogP contribution in [0.4, 0.5) is 8.78 Å². The first-order valence-corrected chi connectivity index (χ1v) is 8.95. The van der Waals surface area contributed by atoms with Gasteiger partial charge < -0.3 is 4.74 Å². The third-order valence-corrected chi connectivity index (χ3v) is 7.28. The van der Waals surface area contributed by atoms with Crippen molar-refractivity contribution < 1.29 is 18.3 Å². The molecule has 24 heavy (non-hydrogen) atoms. The van der Waals surface area contributed by atoms with E-state index in [-0.39, 0.29) is 34.6 Å². The number of fused-ring (bicyclic) bond motifs is 5. The van der Waals surface area contributed by atoms with E-state index in [0.29, 0.717) is 42.4 Å².